The molecule has 1 fully saturated rings. The van der Waals surface area contributed by atoms with Crippen LogP contribution in [0.3, 0.4) is 0 Å². The first-order valence-electron chi connectivity index (χ1n) is 6.81. The quantitative estimate of drug-likeness (QED) is 0.705. The average Bonchev–Trinajstić information content (AvgIpc) is 2.81. The van der Waals surface area contributed by atoms with Gasteiger partial charge in [-0.3, -0.25) is 4.79 Å². The maximum absolute atomic E-state index is 12.5. The SMILES string of the molecule is C=C/C(C)=C(\C)C1=C(OCC)C2CCC(C2)C1=O. The second-order valence-electron chi connectivity index (χ2n) is 5.26. The summed E-state index contributed by atoms with van der Waals surface area (Å²) in [6.07, 6.45) is 4.91. The van der Waals surface area contributed by atoms with Crippen molar-refractivity contribution in [3.63, 3.8) is 0 Å². The minimum absolute atomic E-state index is 0.224. The normalized spacial score (nSPS) is 28.3. The fourth-order valence-electron chi connectivity index (χ4n) is 3.05. The Hall–Kier alpha value is -1.31. The summed E-state index contributed by atoms with van der Waals surface area (Å²) >= 11 is 0. The van der Waals surface area contributed by atoms with Gasteiger partial charge in [0.05, 0.1) is 12.2 Å². The lowest BCUT2D eigenvalue weighted by Crippen LogP contribution is -2.24. The number of rotatable bonds is 4. The Balaban J connectivity index is 2.52. The van der Waals surface area contributed by atoms with Crippen LogP contribution in [0.15, 0.2) is 35.1 Å². The van der Waals surface area contributed by atoms with Crippen molar-refractivity contribution in [2.24, 2.45) is 11.8 Å². The molecule has 0 amide bonds. The molecular formula is C16H22O2. The highest BCUT2D eigenvalue weighted by Crippen LogP contribution is 2.45. The molecule has 2 unspecified atom stereocenters. The topological polar surface area (TPSA) is 26.3 Å². The smallest absolute Gasteiger partial charge is 0.169 e. The van der Waals surface area contributed by atoms with Crippen molar-refractivity contribution in [1.29, 1.82) is 0 Å². The molecule has 0 aromatic carbocycles. The van der Waals surface area contributed by atoms with Crippen LogP contribution in [0, 0.1) is 11.8 Å². The highest BCUT2D eigenvalue weighted by Gasteiger charge is 2.42. The number of carbonyl (C=O) groups excluding carboxylic acids is 1. The second-order valence-corrected chi connectivity index (χ2v) is 5.26. The van der Waals surface area contributed by atoms with Crippen molar-refractivity contribution >= 4 is 5.78 Å². The summed E-state index contributed by atoms with van der Waals surface area (Å²) in [7, 11) is 0. The molecule has 98 valence electrons. The maximum Gasteiger partial charge on any atom is 0.169 e. The van der Waals surface area contributed by atoms with Gasteiger partial charge >= 0.3 is 0 Å². The van der Waals surface area contributed by atoms with E-state index in [1.165, 1.54) is 0 Å². The number of hydrogen-bond donors (Lipinski definition) is 0. The van der Waals surface area contributed by atoms with Crippen LogP contribution in [-0.4, -0.2) is 12.4 Å². The van der Waals surface area contributed by atoms with Crippen molar-refractivity contribution < 1.29 is 9.53 Å². The van der Waals surface area contributed by atoms with Gasteiger partial charge in [-0.2, -0.15) is 0 Å². The molecule has 18 heavy (non-hydrogen) atoms. The van der Waals surface area contributed by atoms with E-state index in [4.69, 9.17) is 4.74 Å². The highest BCUT2D eigenvalue weighted by molar-refractivity contribution is 6.03. The number of ketones is 1. The number of allylic oxidation sites excluding steroid dienone is 5. The van der Waals surface area contributed by atoms with E-state index >= 15 is 0 Å². The molecule has 0 radical (unpaired) electrons. The molecule has 2 bridgehead atoms. The molecule has 1 saturated carbocycles. The van der Waals surface area contributed by atoms with Crippen LogP contribution in [0.25, 0.3) is 0 Å². The lowest BCUT2D eigenvalue weighted by molar-refractivity contribution is -0.119. The van der Waals surface area contributed by atoms with Crippen LogP contribution >= 0.6 is 0 Å². The molecule has 0 aliphatic heterocycles. The zero-order chi connectivity index (χ0) is 13.3. The van der Waals surface area contributed by atoms with Gasteiger partial charge in [-0.1, -0.05) is 12.7 Å². The van der Waals surface area contributed by atoms with Gasteiger partial charge in [0.25, 0.3) is 0 Å². The number of Topliss-reactive ketones (excluding diaryl/α,β-unsaturated/α-hetero) is 1. The Labute approximate surface area is 109 Å². The number of hydrogen-bond acceptors (Lipinski definition) is 2. The summed E-state index contributed by atoms with van der Waals surface area (Å²) < 4.78 is 5.80. The van der Waals surface area contributed by atoms with Crippen molar-refractivity contribution in [3.8, 4) is 0 Å². The van der Waals surface area contributed by atoms with Crippen molar-refractivity contribution in [2.45, 2.75) is 40.0 Å². The Kier molecular flexibility index (Phi) is 3.74. The summed E-state index contributed by atoms with van der Waals surface area (Å²) in [5.74, 6) is 1.90. The van der Waals surface area contributed by atoms with E-state index in [0.717, 1.165) is 41.7 Å². The van der Waals surface area contributed by atoms with Crippen LogP contribution in [0.4, 0.5) is 0 Å². The Bertz CT molecular complexity index is 440. The van der Waals surface area contributed by atoms with E-state index in [1.807, 2.05) is 26.8 Å². The Morgan fingerprint density at radius 3 is 2.67 bits per heavy atom. The molecule has 0 aromatic heterocycles. The third-order valence-corrected chi connectivity index (χ3v) is 4.24. The number of fused-ring (bicyclic) bond motifs is 2. The van der Waals surface area contributed by atoms with Gasteiger partial charge in [0.1, 0.15) is 5.76 Å². The first kappa shape index (κ1) is 13.1. The molecular weight excluding hydrogens is 224 g/mol. The van der Waals surface area contributed by atoms with E-state index in [-0.39, 0.29) is 11.7 Å². The predicted molar refractivity (Wildman–Crippen MR) is 73.1 cm³/mol. The minimum Gasteiger partial charge on any atom is -0.497 e. The van der Waals surface area contributed by atoms with Gasteiger partial charge in [-0.15, -0.1) is 0 Å². The lowest BCUT2D eigenvalue weighted by Gasteiger charge is -2.26. The third-order valence-electron chi connectivity index (χ3n) is 4.24. The van der Waals surface area contributed by atoms with Crippen molar-refractivity contribution in [1.82, 2.24) is 0 Å². The summed E-state index contributed by atoms with van der Waals surface area (Å²) in [6.45, 7) is 10.4. The molecule has 2 aliphatic rings. The zero-order valence-electron chi connectivity index (χ0n) is 11.6. The van der Waals surface area contributed by atoms with E-state index in [0.29, 0.717) is 12.5 Å². The molecule has 2 atom stereocenters. The lowest BCUT2D eigenvalue weighted by atomic mass is 9.82. The summed E-state index contributed by atoms with van der Waals surface area (Å²) in [6, 6.07) is 0. The van der Waals surface area contributed by atoms with Gasteiger partial charge in [-0.05, 0) is 51.2 Å². The number of ether oxygens (including phenoxy) is 1. The minimum atomic E-state index is 0.224. The molecule has 2 nitrogen and oxygen atoms in total. The number of carbonyl (C=O) groups is 1. The van der Waals surface area contributed by atoms with Crippen LogP contribution in [0.5, 0.6) is 0 Å². The molecule has 0 aromatic rings. The van der Waals surface area contributed by atoms with Gasteiger partial charge in [0, 0.05) is 11.8 Å². The molecule has 2 heteroatoms. The summed E-state index contributed by atoms with van der Waals surface area (Å²) in [5.41, 5.74) is 2.94. The van der Waals surface area contributed by atoms with Crippen LogP contribution in [-0.2, 0) is 9.53 Å². The van der Waals surface area contributed by atoms with Gasteiger partial charge < -0.3 is 4.74 Å². The van der Waals surface area contributed by atoms with Crippen LogP contribution in [0.2, 0.25) is 0 Å². The Morgan fingerprint density at radius 2 is 2.06 bits per heavy atom. The van der Waals surface area contributed by atoms with E-state index in [2.05, 4.69) is 6.58 Å². The summed E-state index contributed by atoms with van der Waals surface area (Å²) in [4.78, 5) is 12.5. The van der Waals surface area contributed by atoms with E-state index in [9.17, 15) is 4.79 Å². The first-order chi connectivity index (χ1) is 8.60. The fourth-order valence-corrected chi connectivity index (χ4v) is 3.05. The Morgan fingerprint density at radius 1 is 1.39 bits per heavy atom. The summed E-state index contributed by atoms with van der Waals surface area (Å²) in [5, 5.41) is 0. The predicted octanol–water partition coefficient (Wildman–Crippen LogP) is 3.80. The van der Waals surface area contributed by atoms with E-state index < -0.39 is 0 Å². The molecule has 0 heterocycles. The third kappa shape index (κ3) is 2.05. The molecule has 0 saturated heterocycles. The molecule has 2 rings (SSSR count). The average molecular weight is 246 g/mol. The zero-order valence-corrected chi connectivity index (χ0v) is 11.6. The van der Waals surface area contributed by atoms with Crippen LogP contribution in [0.1, 0.15) is 40.0 Å². The molecule has 0 N–H and O–H groups in total. The van der Waals surface area contributed by atoms with Gasteiger partial charge in [-0.25, -0.2) is 0 Å². The maximum atomic E-state index is 12.5. The van der Waals surface area contributed by atoms with Crippen molar-refractivity contribution in [3.05, 3.63) is 35.1 Å². The molecule has 2 aliphatic carbocycles. The van der Waals surface area contributed by atoms with Crippen molar-refractivity contribution in [2.75, 3.05) is 6.61 Å². The van der Waals surface area contributed by atoms with E-state index in [1.54, 1.807) is 0 Å². The molecule has 0 spiro atoms. The second kappa shape index (κ2) is 5.13. The van der Waals surface area contributed by atoms with Gasteiger partial charge in [0.2, 0.25) is 0 Å². The first-order valence-corrected chi connectivity index (χ1v) is 6.81. The monoisotopic (exact) mass is 246 g/mol. The largest absolute Gasteiger partial charge is 0.497 e. The highest BCUT2D eigenvalue weighted by atomic mass is 16.5. The van der Waals surface area contributed by atoms with Crippen LogP contribution < -0.4 is 0 Å². The van der Waals surface area contributed by atoms with Gasteiger partial charge in [0.15, 0.2) is 5.78 Å². The fraction of sp³-hybridized carbons (Fsp3) is 0.562. The standard InChI is InChI=1S/C16H22O2/c1-5-10(3)11(4)14-15(17)12-7-8-13(9-12)16(14)18-6-2/h5,12-13H,1,6-9H2,2-4H3/b11-10+.